The van der Waals surface area contributed by atoms with E-state index in [0.717, 1.165) is 22.0 Å². The first-order chi connectivity index (χ1) is 15.0. The first-order valence-corrected chi connectivity index (χ1v) is 10.3. The fraction of sp³-hybridized carbons (Fsp3) is 0.619. The van der Waals surface area contributed by atoms with E-state index in [1.54, 1.807) is 41.5 Å². The Kier molecular flexibility index (Phi) is 7.20. The van der Waals surface area contributed by atoms with Gasteiger partial charge in [-0.05, 0) is 48.0 Å². The SMILES string of the molecule is CC(C)(C)OC(=O)N(C[C@@H]1C[C@@H](N2C(=O)C=CC2=O)C(=O)N1CC(=O)O)C(=O)OC(C)(C)C. The summed E-state index contributed by atoms with van der Waals surface area (Å²) in [6.45, 7) is 8.39. The zero-order valence-electron chi connectivity index (χ0n) is 19.5. The van der Waals surface area contributed by atoms with E-state index in [-0.39, 0.29) is 6.42 Å². The number of amides is 5. The highest BCUT2D eigenvalue weighted by molar-refractivity contribution is 6.15. The summed E-state index contributed by atoms with van der Waals surface area (Å²) in [5.41, 5.74) is -1.90. The van der Waals surface area contributed by atoms with Gasteiger partial charge < -0.3 is 19.5 Å². The van der Waals surface area contributed by atoms with Gasteiger partial charge in [0.05, 0.1) is 12.6 Å². The van der Waals surface area contributed by atoms with Gasteiger partial charge in [-0.15, -0.1) is 0 Å². The van der Waals surface area contributed by atoms with Gasteiger partial charge in [0.15, 0.2) is 0 Å². The molecule has 0 saturated carbocycles. The molecule has 2 heterocycles. The first-order valence-electron chi connectivity index (χ1n) is 10.3. The minimum absolute atomic E-state index is 0.173. The molecule has 0 spiro atoms. The zero-order valence-corrected chi connectivity index (χ0v) is 19.5. The van der Waals surface area contributed by atoms with Crippen LogP contribution >= 0.6 is 0 Å². The van der Waals surface area contributed by atoms with Crippen molar-refractivity contribution < 1.29 is 43.3 Å². The molecule has 1 saturated heterocycles. The van der Waals surface area contributed by atoms with Crippen molar-refractivity contribution in [1.82, 2.24) is 14.7 Å². The molecule has 2 atom stereocenters. The van der Waals surface area contributed by atoms with Crippen molar-refractivity contribution in [2.75, 3.05) is 13.1 Å². The van der Waals surface area contributed by atoms with Crippen LogP contribution in [0.1, 0.15) is 48.0 Å². The van der Waals surface area contributed by atoms with E-state index in [1.807, 2.05) is 0 Å². The average molecular weight is 467 g/mol. The number of carbonyl (C=O) groups is 6. The Morgan fingerprint density at radius 1 is 0.970 bits per heavy atom. The van der Waals surface area contributed by atoms with E-state index < -0.39 is 72.3 Å². The van der Waals surface area contributed by atoms with E-state index in [9.17, 15) is 33.9 Å². The monoisotopic (exact) mass is 467 g/mol. The highest BCUT2D eigenvalue weighted by atomic mass is 16.6. The maximum absolute atomic E-state index is 12.9. The van der Waals surface area contributed by atoms with E-state index >= 15 is 0 Å². The van der Waals surface area contributed by atoms with Crippen LogP contribution in [0.25, 0.3) is 0 Å². The van der Waals surface area contributed by atoms with Crippen LogP contribution in [-0.2, 0) is 28.7 Å². The third kappa shape index (κ3) is 6.53. The van der Waals surface area contributed by atoms with Gasteiger partial charge in [-0.2, -0.15) is 0 Å². The van der Waals surface area contributed by atoms with Crippen molar-refractivity contribution >= 4 is 35.9 Å². The third-order valence-corrected chi connectivity index (χ3v) is 4.59. The molecule has 12 heteroatoms. The van der Waals surface area contributed by atoms with E-state index in [4.69, 9.17) is 9.47 Å². The van der Waals surface area contributed by atoms with Crippen LogP contribution in [0.2, 0.25) is 0 Å². The highest BCUT2D eigenvalue weighted by Gasteiger charge is 2.49. The molecular formula is C21H29N3O9. The first kappa shape index (κ1) is 25.8. The van der Waals surface area contributed by atoms with Crippen LogP contribution < -0.4 is 0 Å². The van der Waals surface area contributed by atoms with Crippen LogP contribution in [-0.4, -0.2) is 92.1 Å². The fourth-order valence-corrected chi connectivity index (χ4v) is 3.39. The predicted octanol–water partition coefficient (Wildman–Crippen LogP) is 1.14. The minimum atomic E-state index is -1.34. The molecule has 2 rings (SSSR count). The fourth-order valence-electron chi connectivity index (χ4n) is 3.39. The predicted molar refractivity (Wildman–Crippen MR) is 112 cm³/mol. The molecule has 0 unspecified atom stereocenters. The lowest BCUT2D eigenvalue weighted by Gasteiger charge is -2.31. The van der Waals surface area contributed by atoms with E-state index in [0.29, 0.717) is 4.90 Å². The summed E-state index contributed by atoms with van der Waals surface area (Å²) in [4.78, 5) is 76.4. The summed E-state index contributed by atoms with van der Waals surface area (Å²) in [7, 11) is 0. The number of hydrogen-bond acceptors (Lipinski definition) is 8. The van der Waals surface area contributed by atoms with Gasteiger partial charge >= 0.3 is 18.2 Å². The molecule has 182 valence electrons. The average Bonchev–Trinajstić information content (AvgIpc) is 3.09. The molecule has 1 fully saturated rings. The maximum atomic E-state index is 12.9. The van der Waals surface area contributed by atoms with Crippen molar-refractivity contribution in [3.05, 3.63) is 12.2 Å². The summed E-state index contributed by atoms with van der Waals surface area (Å²) >= 11 is 0. The van der Waals surface area contributed by atoms with Crippen LogP contribution in [0, 0.1) is 0 Å². The number of likely N-dealkylation sites (tertiary alicyclic amines) is 1. The van der Waals surface area contributed by atoms with Gasteiger partial charge in [0.1, 0.15) is 23.8 Å². The number of nitrogens with zero attached hydrogens (tertiary/aromatic N) is 3. The Bertz CT molecular complexity index is 852. The third-order valence-electron chi connectivity index (χ3n) is 4.59. The number of aliphatic carboxylic acids is 1. The number of rotatable bonds is 5. The summed E-state index contributed by atoms with van der Waals surface area (Å²) in [5.74, 6) is -3.52. The Morgan fingerprint density at radius 3 is 1.82 bits per heavy atom. The number of carboxylic acid groups (broad SMARTS) is 1. The molecule has 1 N–H and O–H groups in total. The Labute approximate surface area is 191 Å². The van der Waals surface area contributed by atoms with Crippen molar-refractivity contribution in [3.63, 3.8) is 0 Å². The standard InChI is InChI=1S/C21H29N3O9/c1-20(2,3)32-18(30)23(19(31)33-21(4,5)6)10-12-9-13(17(29)22(12)11-16(27)28)24-14(25)7-8-15(24)26/h7-8,12-13H,9-11H2,1-6H3,(H,27,28)/t12-,13+/m0/s1. The molecular weight excluding hydrogens is 438 g/mol. The summed E-state index contributed by atoms with van der Waals surface area (Å²) < 4.78 is 10.6. The molecule has 2 aliphatic rings. The van der Waals surface area contributed by atoms with Crippen LogP contribution in [0.4, 0.5) is 9.59 Å². The zero-order chi connectivity index (χ0) is 25.3. The second-order valence-corrected chi connectivity index (χ2v) is 9.72. The highest BCUT2D eigenvalue weighted by Crippen LogP contribution is 2.27. The van der Waals surface area contributed by atoms with Gasteiger partial charge in [0.2, 0.25) is 5.91 Å². The molecule has 0 aromatic carbocycles. The van der Waals surface area contributed by atoms with E-state index in [1.165, 1.54) is 0 Å². The van der Waals surface area contributed by atoms with Crippen molar-refractivity contribution in [3.8, 4) is 0 Å². The molecule has 5 amide bonds. The number of carboxylic acids is 1. The Hall–Kier alpha value is -3.44. The number of carbonyl (C=O) groups excluding carboxylic acids is 5. The van der Waals surface area contributed by atoms with Gasteiger partial charge in [0.25, 0.3) is 11.8 Å². The molecule has 0 aliphatic carbocycles. The molecule has 12 nitrogen and oxygen atoms in total. The quantitative estimate of drug-likeness (QED) is 0.587. The lowest BCUT2D eigenvalue weighted by Crippen LogP contribution is -2.50. The smallest absolute Gasteiger partial charge is 0.419 e. The second-order valence-electron chi connectivity index (χ2n) is 9.72. The maximum Gasteiger partial charge on any atom is 0.419 e. The Morgan fingerprint density at radius 2 is 1.42 bits per heavy atom. The normalized spacial score (nSPS) is 21.0. The summed E-state index contributed by atoms with van der Waals surface area (Å²) in [6.07, 6.45) is -0.236. The molecule has 0 aromatic heterocycles. The van der Waals surface area contributed by atoms with E-state index in [2.05, 4.69) is 0 Å². The number of ether oxygens (including phenoxy) is 2. The molecule has 0 aromatic rings. The molecule has 0 bridgehead atoms. The lowest BCUT2D eigenvalue weighted by atomic mass is 10.1. The van der Waals surface area contributed by atoms with Gasteiger partial charge in [-0.1, -0.05) is 0 Å². The molecule has 0 radical (unpaired) electrons. The summed E-state index contributed by atoms with van der Waals surface area (Å²) in [6, 6.07) is -2.26. The van der Waals surface area contributed by atoms with Gasteiger partial charge in [0, 0.05) is 12.2 Å². The van der Waals surface area contributed by atoms with Gasteiger partial charge in [-0.3, -0.25) is 24.1 Å². The van der Waals surface area contributed by atoms with Crippen LogP contribution in [0.3, 0.4) is 0 Å². The van der Waals surface area contributed by atoms with Gasteiger partial charge in [-0.25, -0.2) is 14.5 Å². The van der Waals surface area contributed by atoms with Crippen LogP contribution in [0.5, 0.6) is 0 Å². The molecule has 33 heavy (non-hydrogen) atoms. The molecule has 2 aliphatic heterocycles. The number of imide groups is 2. The largest absolute Gasteiger partial charge is 0.480 e. The van der Waals surface area contributed by atoms with Crippen LogP contribution in [0.15, 0.2) is 12.2 Å². The van der Waals surface area contributed by atoms with Crippen molar-refractivity contribution in [2.24, 2.45) is 0 Å². The second kappa shape index (κ2) is 9.20. The topological polar surface area (TPSA) is 151 Å². The Balaban J connectivity index is 2.35. The minimum Gasteiger partial charge on any atom is -0.480 e. The summed E-state index contributed by atoms with van der Waals surface area (Å²) in [5, 5.41) is 9.27. The van der Waals surface area contributed by atoms with Crippen molar-refractivity contribution in [1.29, 1.82) is 0 Å². The lowest BCUT2D eigenvalue weighted by molar-refractivity contribution is -0.148. The van der Waals surface area contributed by atoms with Crippen molar-refractivity contribution in [2.45, 2.75) is 71.2 Å². The number of hydrogen-bond donors (Lipinski definition) is 1.